The largest absolute Gasteiger partial charge is 0.495 e. The van der Waals surface area contributed by atoms with Crippen molar-refractivity contribution in [2.75, 3.05) is 38.2 Å². The Balaban J connectivity index is 1.36. The molecular formula is C22H25N3O2. The zero-order valence-electron chi connectivity index (χ0n) is 15.9. The third-order valence-electron chi connectivity index (χ3n) is 5.08. The highest BCUT2D eigenvalue weighted by atomic mass is 16.5. The molecule has 2 heterocycles. The van der Waals surface area contributed by atoms with Gasteiger partial charge in [-0.05, 0) is 19.1 Å². The quantitative estimate of drug-likeness (QED) is 0.686. The molecule has 2 aromatic carbocycles. The number of rotatable bonds is 5. The number of piperazine rings is 1. The highest BCUT2D eigenvalue weighted by Gasteiger charge is 2.20. The molecule has 0 bridgehead atoms. The monoisotopic (exact) mass is 363 g/mol. The molecule has 0 spiro atoms. The lowest BCUT2D eigenvalue weighted by molar-refractivity contribution is 0.219. The predicted molar refractivity (Wildman–Crippen MR) is 107 cm³/mol. The Morgan fingerprint density at radius 2 is 1.74 bits per heavy atom. The van der Waals surface area contributed by atoms with E-state index in [9.17, 15) is 0 Å². The second-order valence-electron chi connectivity index (χ2n) is 6.98. The highest BCUT2D eigenvalue weighted by Crippen LogP contribution is 2.28. The molecule has 1 saturated heterocycles. The van der Waals surface area contributed by atoms with Crippen LogP contribution < -0.4 is 9.64 Å². The van der Waals surface area contributed by atoms with Gasteiger partial charge in [-0.25, -0.2) is 0 Å². The van der Waals surface area contributed by atoms with Gasteiger partial charge in [0, 0.05) is 37.8 Å². The van der Waals surface area contributed by atoms with Crippen LogP contribution >= 0.6 is 0 Å². The van der Waals surface area contributed by atoms with Crippen molar-refractivity contribution in [2.24, 2.45) is 0 Å². The summed E-state index contributed by atoms with van der Waals surface area (Å²) in [6.07, 6.45) is 0. The fourth-order valence-corrected chi connectivity index (χ4v) is 3.51. The zero-order chi connectivity index (χ0) is 18.6. The number of hydrogen-bond donors (Lipinski definition) is 0. The molecule has 0 radical (unpaired) electrons. The maximum absolute atomic E-state index is 5.57. The first kappa shape index (κ1) is 17.6. The van der Waals surface area contributed by atoms with Gasteiger partial charge in [0.25, 0.3) is 0 Å². The van der Waals surface area contributed by atoms with E-state index in [1.54, 1.807) is 7.11 Å². The third kappa shape index (κ3) is 3.98. The number of hydrogen-bond acceptors (Lipinski definition) is 5. The Kier molecular flexibility index (Phi) is 5.12. The molecule has 0 saturated carbocycles. The van der Waals surface area contributed by atoms with Gasteiger partial charge in [0.2, 0.25) is 0 Å². The molecule has 5 nitrogen and oxygen atoms in total. The van der Waals surface area contributed by atoms with Crippen LogP contribution in [0.3, 0.4) is 0 Å². The molecule has 3 aromatic rings. The fourth-order valence-electron chi connectivity index (χ4n) is 3.51. The standard InChI is InChI=1S/C22H25N3O2/c1-17-7-9-18(10-8-17)20-15-19(27-23-20)16-24-11-13-25(14-12-24)21-5-3-4-6-22(21)26-2/h3-10,15H,11-14,16H2,1-2H3. The van der Waals surface area contributed by atoms with Gasteiger partial charge < -0.3 is 14.2 Å². The van der Waals surface area contributed by atoms with Gasteiger partial charge in [0.05, 0.1) is 19.3 Å². The average Bonchev–Trinajstić information content (AvgIpc) is 3.17. The molecule has 4 rings (SSSR count). The Bertz CT molecular complexity index is 881. The smallest absolute Gasteiger partial charge is 0.151 e. The number of benzene rings is 2. The van der Waals surface area contributed by atoms with Gasteiger partial charge in [-0.15, -0.1) is 0 Å². The van der Waals surface area contributed by atoms with Gasteiger partial charge in [0.15, 0.2) is 5.76 Å². The van der Waals surface area contributed by atoms with Crippen LogP contribution in [0.4, 0.5) is 5.69 Å². The van der Waals surface area contributed by atoms with Crippen molar-refractivity contribution in [3.05, 3.63) is 65.9 Å². The lowest BCUT2D eigenvalue weighted by atomic mass is 10.1. The summed E-state index contributed by atoms with van der Waals surface area (Å²) in [5, 5.41) is 4.24. The first-order chi connectivity index (χ1) is 13.2. The summed E-state index contributed by atoms with van der Waals surface area (Å²) in [6.45, 7) is 6.79. The van der Waals surface area contributed by atoms with Crippen molar-refractivity contribution >= 4 is 5.69 Å². The second kappa shape index (κ2) is 7.84. The Morgan fingerprint density at radius 1 is 1.00 bits per heavy atom. The first-order valence-electron chi connectivity index (χ1n) is 9.36. The predicted octanol–water partition coefficient (Wildman–Crippen LogP) is 3.98. The van der Waals surface area contributed by atoms with Crippen molar-refractivity contribution in [3.63, 3.8) is 0 Å². The summed E-state index contributed by atoms with van der Waals surface area (Å²) in [7, 11) is 1.73. The zero-order valence-corrected chi connectivity index (χ0v) is 15.9. The van der Waals surface area contributed by atoms with Crippen LogP contribution in [0.2, 0.25) is 0 Å². The van der Waals surface area contributed by atoms with Crippen molar-refractivity contribution in [2.45, 2.75) is 13.5 Å². The van der Waals surface area contributed by atoms with Crippen molar-refractivity contribution in [3.8, 4) is 17.0 Å². The van der Waals surface area contributed by atoms with E-state index < -0.39 is 0 Å². The SMILES string of the molecule is COc1ccccc1N1CCN(Cc2cc(-c3ccc(C)cc3)no2)CC1. The summed E-state index contributed by atoms with van der Waals surface area (Å²) in [4.78, 5) is 4.79. The number of anilines is 1. The topological polar surface area (TPSA) is 41.7 Å². The van der Waals surface area contributed by atoms with Crippen LogP contribution in [0.15, 0.2) is 59.1 Å². The van der Waals surface area contributed by atoms with E-state index >= 15 is 0 Å². The summed E-state index contributed by atoms with van der Waals surface area (Å²) in [5.41, 5.74) is 4.41. The molecule has 5 heteroatoms. The van der Waals surface area contributed by atoms with Crippen molar-refractivity contribution in [1.29, 1.82) is 0 Å². The van der Waals surface area contributed by atoms with Gasteiger partial charge in [-0.2, -0.15) is 0 Å². The summed E-state index contributed by atoms with van der Waals surface area (Å²) in [5.74, 6) is 1.85. The second-order valence-corrected chi connectivity index (χ2v) is 6.98. The molecular weight excluding hydrogens is 338 g/mol. The van der Waals surface area contributed by atoms with Crippen molar-refractivity contribution in [1.82, 2.24) is 10.1 Å². The number of methoxy groups -OCH3 is 1. The molecule has 0 N–H and O–H groups in total. The van der Waals surface area contributed by atoms with E-state index in [2.05, 4.69) is 64.3 Å². The number of ether oxygens (including phenoxy) is 1. The van der Waals surface area contributed by atoms with Crippen LogP contribution in [0.25, 0.3) is 11.3 Å². The van der Waals surface area contributed by atoms with E-state index in [1.165, 1.54) is 11.3 Å². The highest BCUT2D eigenvalue weighted by molar-refractivity contribution is 5.59. The Labute approximate surface area is 160 Å². The molecule has 1 aliphatic heterocycles. The molecule has 27 heavy (non-hydrogen) atoms. The number of aromatic nitrogens is 1. The summed E-state index contributed by atoms with van der Waals surface area (Å²) < 4.78 is 11.1. The van der Waals surface area contributed by atoms with Crippen LogP contribution in [0.1, 0.15) is 11.3 Å². The minimum Gasteiger partial charge on any atom is -0.495 e. The van der Waals surface area contributed by atoms with Gasteiger partial charge >= 0.3 is 0 Å². The molecule has 1 aliphatic rings. The maximum Gasteiger partial charge on any atom is 0.151 e. The third-order valence-corrected chi connectivity index (χ3v) is 5.08. The molecule has 0 amide bonds. The Hall–Kier alpha value is -2.79. The van der Waals surface area contributed by atoms with Crippen LogP contribution in [0.5, 0.6) is 5.75 Å². The molecule has 0 atom stereocenters. The first-order valence-corrected chi connectivity index (χ1v) is 9.36. The molecule has 0 unspecified atom stereocenters. The van der Waals surface area contributed by atoms with E-state index in [0.717, 1.165) is 55.5 Å². The lowest BCUT2D eigenvalue weighted by Gasteiger charge is -2.36. The van der Waals surface area contributed by atoms with E-state index in [1.807, 2.05) is 12.1 Å². The molecule has 0 aliphatic carbocycles. The fraction of sp³-hybridized carbons (Fsp3) is 0.318. The lowest BCUT2D eigenvalue weighted by Crippen LogP contribution is -2.46. The molecule has 1 aromatic heterocycles. The van der Waals surface area contributed by atoms with Gasteiger partial charge in [-0.3, -0.25) is 4.90 Å². The number of nitrogens with zero attached hydrogens (tertiary/aromatic N) is 3. The van der Waals surface area contributed by atoms with Crippen LogP contribution in [0, 0.1) is 6.92 Å². The Morgan fingerprint density at radius 3 is 2.48 bits per heavy atom. The normalized spacial score (nSPS) is 15.1. The summed E-state index contributed by atoms with van der Waals surface area (Å²) in [6, 6.07) is 18.6. The van der Waals surface area contributed by atoms with E-state index in [4.69, 9.17) is 9.26 Å². The number of para-hydroxylation sites is 2. The van der Waals surface area contributed by atoms with E-state index in [-0.39, 0.29) is 0 Å². The molecule has 140 valence electrons. The van der Waals surface area contributed by atoms with Crippen LogP contribution in [-0.4, -0.2) is 43.3 Å². The number of aryl methyl sites for hydroxylation is 1. The van der Waals surface area contributed by atoms with Crippen molar-refractivity contribution < 1.29 is 9.26 Å². The minimum atomic E-state index is 0.790. The minimum absolute atomic E-state index is 0.790. The average molecular weight is 363 g/mol. The van der Waals surface area contributed by atoms with Crippen LogP contribution in [-0.2, 0) is 6.54 Å². The summed E-state index contributed by atoms with van der Waals surface area (Å²) >= 11 is 0. The van der Waals surface area contributed by atoms with Gasteiger partial charge in [0.1, 0.15) is 11.4 Å². The maximum atomic E-state index is 5.57. The van der Waals surface area contributed by atoms with E-state index in [0.29, 0.717) is 0 Å². The molecule has 1 fully saturated rings. The van der Waals surface area contributed by atoms with Gasteiger partial charge in [-0.1, -0.05) is 47.1 Å².